The van der Waals surface area contributed by atoms with Crippen LogP contribution in [0.3, 0.4) is 0 Å². The zero-order valence-corrected chi connectivity index (χ0v) is 9.42. The number of carboxylic acid groups (broad SMARTS) is 1. The number of aliphatic carboxylic acids is 1. The molecule has 0 bridgehead atoms. The molecule has 1 atom stereocenters. The Morgan fingerprint density at radius 2 is 1.88 bits per heavy atom. The van der Waals surface area contributed by atoms with Crippen LogP contribution in [0.4, 0.5) is 8.78 Å². The molecule has 0 saturated heterocycles. The maximum atomic E-state index is 14.5. The smallest absolute Gasteiger partial charge is 0.312 e. The van der Waals surface area contributed by atoms with Gasteiger partial charge in [-0.05, 0) is 38.5 Å². The SMILES string of the molecule is CC(C)(C(=O)O)C(C)(F)c1cccc(F)c1. The van der Waals surface area contributed by atoms with Crippen molar-refractivity contribution in [1.82, 2.24) is 0 Å². The number of hydrogen-bond donors (Lipinski definition) is 1. The molecular weight excluding hydrogens is 214 g/mol. The fourth-order valence-electron chi connectivity index (χ4n) is 1.34. The van der Waals surface area contributed by atoms with Gasteiger partial charge in [0.05, 0.1) is 0 Å². The van der Waals surface area contributed by atoms with Gasteiger partial charge in [-0.15, -0.1) is 0 Å². The third-order valence-electron chi connectivity index (χ3n) is 3.08. The van der Waals surface area contributed by atoms with Gasteiger partial charge < -0.3 is 5.11 Å². The number of rotatable bonds is 3. The van der Waals surface area contributed by atoms with E-state index >= 15 is 0 Å². The molecule has 0 amide bonds. The molecule has 0 aliphatic carbocycles. The Labute approximate surface area is 92.9 Å². The molecule has 2 nitrogen and oxygen atoms in total. The molecule has 0 radical (unpaired) electrons. The first-order valence-corrected chi connectivity index (χ1v) is 4.88. The normalized spacial score (nSPS) is 15.6. The summed E-state index contributed by atoms with van der Waals surface area (Å²) in [6, 6.07) is 4.95. The lowest BCUT2D eigenvalue weighted by Gasteiger charge is -2.34. The highest BCUT2D eigenvalue weighted by Gasteiger charge is 2.48. The van der Waals surface area contributed by atoms with Crippen molar-refractivity contribution in [2.45, 2.75) is 26.4 Å². The Morgan fingerprint density at radius 3 is 2.31 bits per heavy atom. The number of alkyl halides is 1. The Bertz CT molecular complexity index is 411. The lowest BCUT2D eigenvalue weighted by atomic mass is 9.73. The number of carboxylic acids is 1. The van der Waals surface area contributed by atoms with Gasteiger partial charge in [-0.25, -0.2) is 8.78 Å². The van der Waals surface area contributed by atoms with Crippen LogP contribution in [-0.2, 0) is 10.5 Å². The predicted octanol–water partition coefficient (Wildman–Crippen LogP) is 3.12. The van der Waals surface area contributed by atoms with E-state index in [1.54, 1.807) is 0 Å². The van der Waals surface area contributed by atoms with Crippen LogP contribution in [0.2, 0.25) is 0 Å². The van der Waals surface area contributed by atoms with Crippen molar-refractivity contribution in [3.63, 3.8) is 0 Å². The van der Waals surface area contributed by atoms with Crippen LogP contribution < -0.4 is 0 Å². The highest BCUT2D eigenvalue weighted by molar-refractivity contribution is 5.75. The molecule has 1 rings (SSSR count). The van der Waals surface area contributed by atoms with Crippen LogP contribution in [-0.4, -0.2) is 11.1 Å². The first-order chi connectivity index (χ1) is 7.19. The van der Waals surface area contributed by atoms with Gasteiger partial charge in [0.2, 0.25) is 0 Å². The molecule has 0 spiro atoms. The fraction of sp³-hybridized carbons (Fsp3) is 0.417. The van der Waals surface area contributed by atoms with E-state index in [2.05, 4.69) is 0 Å². The zero-order chi connectivity index (χ0) is 12.6. The topological polar surface area (TPSA) is 37.3 Å². The second-order valence-electron chi connectivity index (χ2n) is 4.44. The van der Waals surface area contributed by atoms with Crippen molar-refractivity contribution in [2.24, 2.45) is 5.41 Å². The third-order valence-corrected chi connectivity index (χ3v) is 3.08. The van der Waals surface area contributed by atoms with Crippen LogP contribution in [0.25, 0.3) is 0 Å². The second kappa shape index (κ2) is 3.85. The van der Waals surface area contributed by atoms with E-state index < -0.39 is 22.9 Å². The molecule has 1 aromatic carbocycles. The van der Waals surface area contributed by atoms with Gasteiger partial charge in [0.15, 0.2) is 0 Å². The van der Waals surface area contributed by atoms with Crippen LogP contribution in [0.15, 0.2) is 24.3 Å². The lowest BCUT2D eigenvalue weighted by Crippen LogP contribution is -2.41. The Balaban J connectivity index is 3.26. The van der Waals surface area contributed by atoms with E-state index in [4.69, 9.17) is 5.11 Å². The maximum Gasteiger partial charge on any atom is 0.312 e. The minimum Gasteiger partial charge on any atom is -0.481 e. The van der Waals surface area contributed by atoms with Crippen LogP contribution >= 0.6 is 0 Å². The van der Waals surface area contributed by atoms with Crippen molar-refractivity contribution in [1.29, 1.82) is 0 Å². The molecule has 0 heterocycles. The van der Waals surface area contributed by atoms with Crippen molar-refractivity contribution < 1.29 is 18.7 Å². The average molecular weight is 228 g/mol. The summed E-state index contributed by atoms with van der Waals surface area (Å²) in [6.45, 7) is 3.70. The summed E-state index contributed by atoms with van der Waals surface area (Å²) in [4.78, 5) is 11.0. The molecule has 1 unspecified atom stereocenters. The summed E-state index contributed by atoms with van der Waals surface area (Å²) in [5.41, 5.74) is -3.73. The minimum absolute atomic E-state index is 0.0277. The summed E-state index contributed by atoms with van der Waals surface area (Å²) in [5.74, 6) is -1.84. The Morgan fingerprint density at radius 1 is 1.31 bits per heavy atom. The van der Waals surface area contributed by atoms with Gasteiger partial charge >= 0.3 is 5.97 Å². The number of halogens is 2. The summed E-state index contributed by atoms with van der Waals surface area (Å²) >= 11 is 0. The fourth-order valence-corrected chi connectivity index (χ4v) is 1.34. The standard InChI is InChI=1S/C12H14F2O2/c1-11(2,10(15)16)12(3,14)8-5-4-6-9(13)7-8/h4-7H,1-3H3,(H,15,16). The average Bonchev–Trinajstić information content (AvgIpc) is 2.17. The second-order valence-corrected chi connectivity index (χ2v) is 4.44. The quantitative estimate of drug-likeness (QED) is 0.863. The van der Waals surface area contributed by atoms with Crippen molar-refractivity contribution in [3.8, 4) is 0 Å². The van der Waals surface area contributed by atoms with E-state index in [0.29, 0.717) is 0 Å². The number of benzene rings is 1. The summed E-state index contributed by atoms with van der Waals surface area (Å²) in [5, 5.41) is 8.97. The highest BCUT2D eigenvalue weighted by atomic mass is 19.1. The zero-order valence-electron chi connectivity index (χ0n) is 9.42. The molecule has 16 heavy (non-hydrogen) atoms. The van der Waals surface area contributed by atoms with E-state index in [1.807, 2.05) is 0 Å². The number of carbonyl (C=O) groups is 1. The van der Waals surface area contributed by atoms with Gasteiger partial charge in [-0.2, -0.15) is 0 Å². The molecule has 1 N–H and O–H groups in total. The predicted molar refractivity (Wildman–Crippen MR) is 56.3 cm³/mol. The van der Waals surface area contributed by atoms with E-state index in [9.17, 15) is 13.6 Å². The van der Waals surface area contributed by atoms with Crippen molar-refractivity contribution in [3.05, 3.63) is 35.6 Å². The van der Waals surface area contributed by atoms with Crippen LogP contribution in [0.1, 0.15) is 26.3 Å². The summed E-state index contributed by atoms with van der Waals surface area (Å²) in [6.07, 6.45) is 0. The molecule has 0 aliphatic rings. The van der Waals surface area contributed by atoms with Crippen LogP contribution in [0, 0.1) is 11.2 Å². The van der Waals surface area contributed by atoms with Crippen molar-refractivity contribution in [2.75, 3.05) is 0 Å². The van der Waals surface area contributed by atoms with E-state index in [1.165, 1.54) is 32.0 Å². The lowest BCUT2D eigenvalue weighted by molar-refractivity contribution is -0.156. The highest BCUT2D eigenvalue weighted by Crippen LogP contribution is 2.43. The molecule has 88 valence electrons. The number of hydrogen-bond acceptors (Lipinski definition) is 1. The Kier molecular flexibility index (Phi) is 3.03. The molecule has 1 aromatic rings. The van der Waals surface area contributed by atoms with Gasteiger partial charge in [0.25, 0.3) is 0 Å². The van der Waals surface area contributed by atoms with E-state index in [0.717, 1.165) is 13.0 Å². The molecule has 0 aromatic heterocycles. The largest absolute Gasteiger partial charge is 0.481 e. The molecular formula is C12H14F2O2. The van der Waals surface area contributed by atoms with E-state index in [-0.39, 0.29) is 5.56 Å². The molecule has 4 heteroatoms. The maximum absolute atomic E-state index is 14.5. The van der Waals surface area contributed by atoms with Gasteiger partial charge in [-0.1, -0.05) is 12.1 Å². The first kappa shape index (κ1) is 12.6. The van der Waals surface area contributed by atoms with Gasteiger partial charge in [0, 0.05) is 0 Å². The molecule has 0 fully saturated rings. The molecule has 0 aliphatic heterocycles. The Hall–Kier alpha value is -1.45. The first-order valence-electron chi connectivity index (χ1n) is 4.88. The molecule has 0 saturated carbocycles. The summed E-state index contributed by atoms with van der Waals surface area (Å²) in [7, 11) is 0. The monoisotopic (exact) mass is 228 g/mol. The van der Waals surface area contributed by atoms with Crippen LogP contribution in [0.5, 0.6) is 0 Å². The van der Waals surface area contributed by atoms with Gasteiger partial charge in [-0.3, -0.25) is 4.79 Å². The van der Waals surface area contributed by atoms with Gasteiger partial charge in [0.1, 0.15) is 16.9 Å². The summed E-state index contributed by atoms with van der Waals surface area (Å²) < 4.78 is 27.5. The van der Waals surface area contributed by atoms with Crippen molar-refractivity contribution >= 4 is 5.97 Å². The minimum atomic E-state index is -2.14. The third kappa shape index (κ3) is 1.92.